The monoisotopic (exact) mass is 378 g/mol. The van der Waals surface area contributed by atoms with E-state index in [0.29, 0.717) is 28.7 Å². The zero-order chi connectivity index (χ0) is 18.0. The third kappa shape index (κ3) is 3.91. The van der Waals surface area contributed by atoms with E-state index in [9.17, 15) is 9.59 Å². The molecule has 0 spiro atoms. The molecule has 1 aromatic heterocycles. The second-order valence-electron chi connectivity index (χ2n) is 5.81. The fourth-order valence-electron chi connectivity index (χ4n) is 2.74. The van der Waals surface area contributed by atoms with E-state index < -0.39 is 6.04 Å². The van der Waals surface area contributed by atoms with Crippen LogP contribution in [-0.2, 0) is 4.79 Å². The minimum atomic E-state index is -0.567. The summed E-state index contributed by atoms with van der Waals surface area (Å²) in [4.78, 5) is 35.0. The van der Waals surface area contributed by atoms with Crippen LogP contribution in [0.1, 0.15) is 29.0 Å². The maximum absolute atomic E-state index is 12.6. The largest absolute Gasteiger partial charge is 0.325 e. The Morgan fingerprint density at radius 3 is 2.72 bits per heavy atom. The number of aromatic nitrogens is 2. The van der Waals surface area contributed by atoms with Crippen LogP contribution in [0.5, 0.6) is 0 Å². The second kappa shape index (κ2) is 7.37. The van der Waals surface area contributed by atoms with Crippen LogP contribution < -0.4 is 5.32 Å². The third-order valence-corrected chi connectivity index (χ3v) is 4.55. The van der Waals surface area contributed by atoms with Gasteiger partial charge in [0, 0.05) is 17.8 Å². The number of nitrogens with zero attached hydrogens (tertiary/aromatic N) is 3. The Kier molecular flexibility index (Phi) is 5.20. The van der Waals surface area contributed by atoms with Crippen molar-refractivity contribution < 1.29 is 9.59 Å². The van der Waals surface area contributed by atoms with E-state index in [1.165, 1.54) is 17.3 Å². The fraction of sp³-hybridized carbons (Fsp3) is 0.294. The van der Waals surface area contributed by atoms with Crippen LogP contribution >= 0.6 is 23.2 Å². The Morgan fingerprint density at radius 1 is 1.24 bits per heavy atom. The van der Waals surface area contributed by atoms with Crippen LogP contribution in [0.2, 0.25) is 10.0 Å². The Hall–Kier alpha value is -2.18. The number of likely N-dealkylation sites (tertiary alicyclic amines) is 1. The van der Waals surface area contributed by atoms with Crippen molar-refractivity contribution in [2.75, 3.05) is 11.9 Å². The molecule has 0 aliphatic carbocycles. The molecule has 130 valence electrons. The normalized spacial score (nSPS) is 16.8. The smallest absolute Gasteiger partial charge is 0.274 e. The van der Waals surface area contributed by atoms with Crippen LogP contribution in [0.3, 0.4) is 0 Å². The predicted molar refractivity (Wildman–Crippen MR) is 95.9 cm³/mol. The average Bonchev–Trinajstić information content (AvgIpc) is 3.07. The van der Waals surface area contributed by atoms with Crippen molar-refractivity contribution >= 4 is 40.7 Å². The molecule has 1 N–H and O–H groups in total. The highest BCUT2D eigenvalue weighted by Crippen LogP contribution is 2.27. The quantitative estimate of drug-likeness (QED) is 0.888. The van der Waals surface area contributed by atoms with Crippen molar-refractivity contribution in [2.24, 2.45) is 0 Å². The van der Waals surface area contributed by atoms with Gasteiger partial charge in [-0.3, -0.25) is 14.6 Å². The van der Waals surface area contributed by atoms with Gasteiger partial charge in [0.2, 0.25) is 5.91 Å². The number of amides is 2. The molecule has 1 aliphatic heterocycles. The summed E-state index contributed by atoms with van der Waals surface area (Å²) in [5.41, 5.74) is 1.42. The maximum Gasteiger partial charge on any atom is 0.274 e. The molecule has 0 saturated carbocycles. The van der Waals surface area contributed by atoms with E-state index in [1.807, 2.05) is 0 Å². The molecule has 2 amide bonds. The Morgan fingerprint density at radius 2 is 2.04 bits per heavy atom. The van der Waals surface area contributed by atoms with Gasteiger partial charge in [0.05, 0.1) is 22.6 Å². The number of benzene rings is 1. The van der Waals surface area contributed by atoms with E-state index in [0.717, 1.165) is 12.1 Å². The Balaban J connectivity index is 1.75. The van der Waals surface area contributed by atoms with Crippen LogP contribution in [0, 0.1) is 6.92 Å². The summed E-state index contributed by atoms with van der Waals surface area (Å²) in [6.07, 6.45) is 4.30. The lowest BCUT2D eigenvalue weighted by Gasteiger charge is -2.23. The lowest BCUT2D eigenvalue weighted by Crippen LogP contribution is -2.43. The second-order valence-corrected chi connectivity index (χ2v) is 6.66. The van der Waals surface area contributed by atoms with Gasteiger partial charge in [-0.05, 0) is 38.0 Å². The molecule has 1 aliphatic rings. The van der Waals surface area contributed by atoms with E-state index in [4.69, 9.17) is 23.2 Å². The molecule has 0 unspecified atom stereocenters. The molecule has 1 aromatic carbocycles. The number of anilines is 1. The summed E-state index contributed by atoms with van der Waals surface area (Å²) in [7, 11) is 0. The van der Waals surface area contributed by atoms with Gasteiger partial charge >= 0.3 is 0 Å². The summed E-state index contributed by atoms with van der Waals surface area (Å²) in [6.45, 7) is 2.30. The van der Waals surface area contributed by atoms with Crippen molar-refractivity contribution in [1.29, 1.82) is 0 Å². The highest BCUT2D eigenvalue weighted by atomic mass is 35.5. The minimum absolute atomic E-state index is 0.231. The fourth-order valence-corrected chi connectivity index (χ4v) is 3.20. The van der Waals surface area contributed by atoms with Crippen molar-refractivity contribution in [3.63, 3.8) is 0 Å². The third-order valence-electron chi connectivity index (χ3n) is 4.01. The van der Waals surface area contributed by atoms with Gasteiger partial charge in [-0.25, -0.2) is 4.98 Å². The molecule has 0 radical (unpaired) electrons. The summed E-state index contributed by atoms with van der Waals surface area (Å²) in [6, 6.07) is 4.26. The molecule has 25 heavy (non-hydrogen) atoms. The number of hydrogen-bond donors (Lipinski definition) is 1. The molecule has 1 atom stereocenters. The molecule has 1 saturated heterocycles. The first-order valence-electron chi connectivity index (χ1n) is 7.81. The molecular weight excluding hydrogens is 363 g/mol. The molecule has 2 heterocycles. The summed E-state index contributed by atoms with van der Waals surface area (Å²) < 4.78 is 0. The highest BCUT2D eigenvalue weighted by Gasteiger charge is 2.35. The van der Waals surface area contributed by atoms with Gasteiger partial charge in [0.1, 0.15) is 11.7 Å². The van der Waals surface area contributed by atoms with Gasteiger partial charge in [-0.2, -0.15) is 0 Å². The summed E-state index contributed by atoms with van der Waals surface area (Å²) in [5.74, 6) is -0.581. The van der Waals surface area contributed by atoms with Crippen LogP contribution in [0.25, 0.3) is 0 Å². The van der Waals surface area contributed by atoms with Crippen LogP contribution in [0.4, 0.5) is 5.69 Å². The first-order chi connectivity index (χ1) is 12.0. The Bertz CT molecular complexity index is 811. The van der Waals surface area contributed by atoms with Crippen molar-refractivity contribution in [2.45, 2.75) is 25.8 Å². The Labute approximate surface area is 155 Å². The number of carbonyl (C=O) groups is 2. The molecular formula is C17H16Cl2N4O2. The summed E-state index contributed by atoms with van der Waals surface area (Å²) in [5, 5.41) is 3.60. The molecule has 0 bridgehead atoms. The zero-order valence-corrected chi connectivity index (χ0v) is 15.0. The van der Waals surface area contributed by atoms with Gasteiger partial charge in [0.15, 0.2) is 0 Å². The predicted octanol–water partition coefficient (Wildman–Crippen LogP) is 3.34. The first-order valence-corrected chi connectivity index (χ1v) is 8.57. The molecule has 6 nitrogen and oxygen atoms in total. The maximum atomic E-state index is 12.6. The van der Waals surface area contributed by atoms with Gasteiger partial charge < -0.3 is 10.2 Å². The molecule has 8 heteroatoms. The highest BCUT2D eigenvalue weighted by molar-refractivity contribution is 6.36. The molecule has 2 aromatic rings. The minimum Gasteiger partial charge on any atom is -0.325 e. The first kappa shape index (κ1) is 17.6. The zero-order valence-electron chi connectivity index (χ0n) is 13.5. The van der Waals surface area contributed by atoms with E-state index in [2.05, 4.69) is 15.3 Å². The van der Waals surface area contributed by atoms with Crippen LogP contribution in [-0.4, -0.2) is 39.3 Å². The number of halogens is 2. The number of aryl methyl sites for hydroxylation is 1. The lowest BCUT2D eigenvalue weighted by molar-refractivity contribution is -0.119. The van der Waals surface area contributed by atoms with E-state index >= 15 is 0 Å². The standard InChI is InChI=1S/C17H16Cl2N4O2/c1-10-8-21-14(9-20-10)17(25)23-6-2-3-15(23)16(24)22-13-5-4-11(18)7-12(13)19/h4-5,7-9,15H,2-3,6H2,1H3,(H,22,24)/t15-/m1/s1. The summed E-state index contributed by atoms with van der Waals surface area (Å²) >= 11 is 12.0. The van der Waals surface area contributed by atoms with Gasteiger partial charge in [-0.1, -0.05) is 23.2 Å². The number of rotatable bonds is 3. The average molecular weight is 379 g/mol. The van der Waals surface area contributed by atoms with E-state index in [1.54, 1.807) is 25.1 Å². The van der Waals surface area contributed by atoms with Crippen LogP contribution in [0.15, 0.2) is 30.6 Å². The molecule has 1 fully saturated rings. The lowest BCUT2D eigenvalue weighted by atomic mass is 10.2. The topological polar surface area (TPSA) is 75.2 Å². The van der Waals surface area contributed by atoms with E-state index in [-0.39, 0.29) is 17.5 Å². The van der Waals surface area contributed by atoms with Crippen molar-refractivity contribution in [1.82, 2.24) is 14.9 Å². The van der Waals surface area contributed by atoms with Gasteiger partial charge in [-0.15, -0.1) is 0 Å². The number of nitrogens with one attached hydrogen (secondary N) is 1. The van der Waals surface area contributed by atoms with Crippen molar-refractivity contribution in [3.8, 4) is 0 Å². The van der Waals surface area contributed by atoms with Crippen molar-refractivity contribution in [3.05, 3.63) is 52.0 Å². The number of carbonyl (C=O) groups excluding carboxylic acids is 2. The SMILES string of the molecule is Cc1cnc(C(=O)N2CCC[C@@H]2C(=O)Nc2ccc(Cl)cc2Cl)cn1. The number of hydrogen-bond acceptors (Lipinski definition) is 4. The van der Waals surface area contributed by atoms with Gasteiger partial charge in [0.25, 0.3) is 5.91 Å². The molecule has 3 rings (SSSR count).